The van der Waals surface area contributed by atoms with E-state index >= 15 is 0 Å². The summed E-state index contributed by atoms with van der Waals surface area (Å²) in [6.45, 7) is 4.14. The topological polar surface area (TPSA) is 0 Å². The highest BCUT2D eigenvalue weighted by atomic mass is 35.5. The molecule has 0 aliphatic carbocycles. The van der Waals surface area contributed by atoms with Crippen LogP contribution in [-0.2, 0) is 4.87 Å². The van der Waals surface area contributed by atoms with Crippen molar-refractivity contribution in [3.63, 3.8) is 0 Å². The molecule has 1 atom stereocenters. The van der Waals surface area contributed by atoms with Gasteiger partial charge in [-0.05, 0) is 18.9 Å². The highest BCUT2D eigenvalue weighted by molar-refractivity contribution is 6.23. The third-order valence-electron chi connectivity index (χ3n) is 2.04. The Labute approximate surface area is 73.2 Å². The van der Waals surface area contributed by atoms with Crippen molar-refractivity contribution in [2.24, 2.45) is 0 Å². The molecular formula is C10H13Cl. The Morgan fingerprint density at radius 3 is 2.27 bits per heavy atom. The van der Waals surface area contributed by atoms with Gasteiger partial charge in [0.15, 0.2) is 0 Å². The van der Waals surface area contributed by atoms with Gasteiger partial charge >= 0.3 is 0 Å². The minimum Gasteiger partial charge on any atom is -0.114 e. The predicted octanol–water partition coefficient (Wildman–Crippen LogP) is 3.55. The molecule has 0 heterocycles. The maximum atomic E-state index is 6.25. The molecule has 0 fully saturated rings. The summed E-state index contributed by atoms with van der Waals surface area (Å²) in [6.07, 6.45) is 0.957. The lowest BCUT2D eigenvalue weighted by molar-refractivity contribution is 0.650. The lowest BCUT2D eigenvalue weighted by Gasteiger charge is -2.19. The van der Waals surface area contributed by atoms with E-state index in [0.717, 1.165) is 6.42 Å². The molecule has 60 valence electrons. The number of hydrogen-bond acceptors (Lipinski definition) is 0. The SMILES string of the molecule is CCC(C)(Cl)c1ccccc1. The van der Waals surface area contributed by atoms with Gasteiger partial charge in [0.25, 0.3) is 0 Å². The Bertz CT molecular complexity index is 214. The van der Waals surface area contributed by atoms with Crippen LogP contribution in [-0.4, -0.2) is 0 Å². The molecule has 0 spiro atoms. The third kappa shape index (κ3) is 1.97. The van der Waals surface area contributed by atoms with Gasteiger partial charge in [-0.3, -0.25) is 0 Å². The van der Waals surface area contributed by atoms with E-state index in [9.17, 15) is 0 Å². The van der Waals surface area contributed by atoms with Crippen molar-refractivity contribution in [3.05, 3.63) is 35.9 Å². The molecule has 0 amide bonds. The fourth-order valence-corrected chi connectivity index (χ4v) is 1.12. The van der Waals surface area contributed by atoms with Gasteiger partial charge in [-0.1, -0.05) is 37.3 Å². The van der Waals surface area contributed by atoms with E-state index in [4.69, 9.17) is 11.6 Å². The number of benzene rings is 1. The zero-order chi connectivity index (χ0) is 8.32. The standard InChI is InChI=1S/C10H13Cl/c1-3-10(2,11)9-7-5-4-6-8-9/h4-8H,3H2,1-2H3. The van der Waals surface area contributed by atoms with Gasteiger partial charge in [0.2, 0.25) is 0 Å². The average Bonchev–Trinajstić information content (AvgIpc) is 2.06. The first kappa shape index (κ1) is 8.61. The first-order valence-electron chi connectivity index (χ1n) is 3.91. The molecule has 1 aromatic rings. The van der Waals surface area contributed by atoms with Crippen molar-refractivity contribution in [1.29, 1.82) is 0 Å². The van der Waals surface area contributed by atoms with Crippen LogP contribution in [0.15, 0.2) is 30.3 Å². The highest BCUT2D eigenvalue weighted by Crippen LogP contribution is 2.31. The Morgan fingerprint density at radius 2 is 1.82 bits per heavy atom. The second-order valence-corrected chi connectivity index (χ2v) is 3.75. The summed E-state index contributed by atoms with van der Waals surface area (Å²) in [5.74, 6) is 0. The molecule has 0 saturated heterocycles. The zero-order valence-corrected chi connectivity index (χ0v) is 7.73. The molecule has 1 rings (SSSR count). The van der Waals surface area contributed by atoms with Crippen LogP contribution >= 0.6 is 11.6 Å². The van der Waals surface area contributed by atoms with E-state index in [1.54, 1.807) is 0 Å². The van der Waals surface area contributed by atoms with Gasteiger partial charge in [-0.25, -0.2) is 0 Å². The van der Waals surface area contributed by atoms with Crippen molar-refractivity contribution in [2.45, 2.75) is 25.1 Å². The molecule has 0 radical (unpaired) electrons. The third-order valence-corrected chi connectivity index (χ3v) is 2.53. The summed E-state index contributed by atoms with van der Waals surface area (Å²) in [5, 5.41) is 0. The van der Waals surface area contributed by atoms with Crippen LogP contribution in [0.5, 0.6) is 0 Å². The van der Waals surface area contributed by atoms with Gasteiger partial charge < -0.3 is 0 Å². The molecule has 1 heteroatoms. The predicted molar refractivity (Wildman–Crippen MR) is 49.9 cm³/mol. The second-order valence-electron chi connectivity index (χ2n) is 2.92. The number of rotatable bonds is 2. The summed E-state index contributed by atoms with van der Waals surface area (Å²) in [5.41, 5.74) is 1.20. The number of hydrogen-bond donors (Lipinski definition) is 0. The molecule has 0 N–H and O–H groups in total. The molecule has 1 unspecified atom stereocenters. The Balaban J connectivity index is 2.93. The van der Waals surface area contributed by atoms with Crippen LogP contribution < -0.4 is 0 Å². The lowest BCUT2D eigenvalue weighted by Crippen LogP contribution is -2.11. The van der Waals surface area contributed by atoms with Crippen molar-refractivity contribution in [2.75, 3.05) is 0 Å². The normalized spacial score (nSPS) is 15.9. The minimum atomic E-state index is -0.193. The Hall–Kier alpha value is -0.490. The minimum absolute atomic E-state index is 0.193. The van der Waals surface area contributed by atoms with E-state index in [1.165, 1.54) is 5.56 Å². The van der Waals surface area contributed by atoms with Crippen LogP contribution in [0, 0.1) is 0 Å². The summed E-state index contributed by atoms with van der Waals surface area (Å²) < 4.78 is 0. The van der Waals surface area contributed by atoms with Gasteiger partial charge in [-0.15, -0.1) is 11.6 Å². The van der Waals surface area contributed by atoms with Crippen LogP contribution in [0.4, 0.5) is 0 Å². The molecule has 11 heavy (non-hydrogen) atoms. The van der Waals surface area contributed by atoms with Crippen LogP contribution in [0.1, 0.15) is 25.8 Å². The van der Waals surface area contributed by atoms with E-state index in [-0.39, 0.29) is 4.87 Å². The highest BCUT2D eigenvalue weighted by Gasteiger charge is 2.19. The smallest absolute Gasteiger partial charge is 0.0664 e. The maximum Gasteiger partial charge on any atom is 0.0664 e. The van der Waals surface area contributed by atoms with Crippen LogP contribution in [0.2, 0.25) is 0 Å². The van der Waals surface area contributed by atoms with Crippen molar-refractivity contribution < 1.29 is 0 Å². The van der Waals surface area contributed by atoms with E-state index in [1.807, 2.05) is 25.1 Å². The summed E-state index contributed by atoms with van der Waals surface area (Å²) in [7, 11) is 0. The molecule has 0 aliphatic heterocycles. The van der Waals surface area contributed by atoms with Crippen LogP contribution in [0.3, 0.4) is 0 Å². The molecule has 0 bridgehead atoms. The van der Waals surface area contributed by atoms with Crippen molar-refractivity contribution in [1.82, 2.24) is 0 Å². The summed E-state index contributed by atoms with van der Waals surface area (Å²) in [4.78, 5) is -0.193. The zero-order valence-electron chi connectivity index (χ0n) is 6.97. The number of halogens is 1. The average molecular weight is 169 g/mol. The van der Waals surface area contributed by atoms with E-state index < -0.39 is 0 Å². The lowest BCUT2D eigenvalue weighted by atomic mass is 9.98. The molecule has 0 aromatic heterocycles. The van der Waals surface area contributed by atoms with Crippen molar-refractivity contribution >= 4 is 11.6 Å². The quantitative estimate of drug-likeness (QED) is 0.593. The monoisotopic (exact) mass is 168 g/mol. The van der Waals surface area contributed by atoms with Gasteiger partial charge in [0.05, 0.1) is 4.87 Å². The van der Waals surface area contributed by atoms with Gasteiger partial charge in [0.1, 0.15) is 0 Å². The molecule has 1 aromatic carbocycles. The van der Waals surface area contributed by atoms with Gasteiger partial charge in [-0.2, -0.15) is 0 Å². The maximum absolute atomic E-state index is 6.25. The molecule has 0 saturated carbocycles. The second kappa shape index (κ2) is 3.27. The van der Waals surface area contributed by atoms with Gasteiger partial charge in [0, 0.05) is 0 Å². The largest absolute Gasteiger partial charge is 0.114 e. The molecule has 0 nitrogen and oxygen atoms in total. The summed E-state index contributed by atoms with van der Waals surface area (Å²) in [6, 6.07) is 10.2. The van der Waals surface area contributed by atoms with E-state index in [2.05, 4.69) is 19.1 Å². The summed E-state index contributed by atoms with van der Waals surface area (Å²) >= 11 is 6.25. The first-order valence-corrected chi connectivity index (χ1v) is 4.29. The fraction of sp³-hybridized carbons (Fsp3) is 0.400. The van der Waals surface area contributed by atoms with Crippen LogP contribution in [0.25, 0.3) is 0 Å². The molecular weight excluding hydrogens is 156 g/mol. The Morgan fingerprint density at radius 1 is 1.27 bits per heavy atom. The first-order chi connectivity index (χ1) is 5.17. The van der Waals surface area contributed by atoms with Crippen molar-refractivity contribution in [3.8, 4) is 0 Å². The fourth-order valence-electron chi connectivity index (χ4n) is 0.990. The molecule has 0 aliphatic rings. The van der Waals surface area contributed by atoms with E-state index in [0.29, 0.717) is 0 Å². The number of alkyl halides is 1. The Kier molecular flexibility index (Phi) is 2.56.